The third-order valence-electron chi connectivity index (χ3n) is 3.18. The van der Waals surface area contributed by atoms with Gasteiger partial charge in [-0.1, -0.05) is 30.3 Å². The zero-order valence-corrected chi connectivity index (χ0v) is 11.3. The summed E-state index contributed by atoms with van der Waals surface area (Å²) in [5.74, 6) is -0.654. The van der Waals surface area contributed by atoms with Crippen LogP contribution in [-0.4, -0.2) is 19.5 Å². The number of carbonyl (C=O) groups is 1. The number of hydrogen-bond acceptors (Lipinski definition) is 2. The SMILES string of the molecule is CN(C(=O)c1ccccc1CCN)c1ccccc1F. The molecule has 1 amide bonds. The van der Waals surface area contributed by atoms with Crippen LogP contribution in [-0.2, 0) is 6.42 Å². The van der Waals surface area contributed by atoms with Crippen LogP contribution in [0.15, 0.2) is 48.5 Å². The molecule has 104 valence electrons. The zero-order chi connectivity index (χ0) is 14.5. The summed E-state index contributed by atoms with van der Waals surface area (Å²) in [5.41, 5.74) is 7.26. The fourth-order valence-electron chi connectivity index (χ4n) is 2.12. The van der Waals surface area contributed by atoms with E-state index >= 15 is 0 Å². The van der Waals surface area contributed by atoms with E-state index in [-0.39, 0.29) is 11.6 Å². The topological polar surface area (TPSA) is 46.3 Å². The maximum Gasteiger partial charge on any atom is 0.258 e. The van der Waals surface area contributed by atoms with E-state index in [1.54, 1.807) is 37.4 Å². The average molecular weight is 272 g/mol. The third kappa shape index (κ3) is 2.86. The highest BCUT2D eigenvalue weighted by Gasteiger charge is 2.18. The van der Waals surface area contributed by atoms with E-state index in [2.05, 4.69) is 0 Å². The van der Waals surface area contributed by atoms with Gasteiger partial charge in [-0.15, -0.1) is 0 Å². The molecule has 2 rings (SSSR count). The number of nitrogens with two attached hydrogens (primary N) is 1. The summed E-state index contributed by atoms with van der Waals surface area (Å²) in [5, 5.41) is 0. The summed E-state index contributed by atoms with van der Waals surface area (Å²) >= 11 is 0. The first-order valence-electron chi connectivity index (χ1n) is 6.45. The van der Waals surface area contributed by atoms with E-state index in [0.717, 1.165) is 5.56 Å². The van der Waals surface area contributed by atoms with Crippen LogP contribution in [0.4, 0.5) is 10.1 Å². The lowest BCUT2D eigenvalue weighted by Gasteiger charge is -2.19. The number of carbonyl (C=O) groups excluding carboxylic acids is 1. The van der Waals surface area contributed by atoms with Gasteiger partial charge in [0.25, 0.3) is 5.91 Å². The maximum absolute atomic E-state index is 13.8. The molecule has 2 aromatic rings. The molecule has 0 saturated carbocycles. The predicted molar refractivity (Wildman–Crippen MR) is 78.3 cm³/mol. The van der Waals surface area contributed by atoms with Crippen molar-refractivity contribution in [1.29, 1.82) is 0 Å². The Morgan fingerprint density at radius 1 is 1.15 bits per heavy atom. The average Bonchev–Trinajstić information content (AvgIpc) is 2.47. The summed E-state index contributed by atoms with van der Waals surface area (Å²) in [4.78, 5) is 13.8. The normalized spacial score (nSPS) is 10.3. The van der Waals surface area contributed by atoms with E-state index in [4.69, 9.17) is 5.73 Å². The molecule has 0 aliphatic heterocycles. The molecule has 0 aliphatic rings. The van der Waals surface area contributed by atoms with Gasteiger partial charge in [-0.05, 0) is 36.7 Å². The Morgan fingerprint density at radius 3 is 2.50 bits per heavy atom. The van der Waals surface area contributed by atoms with Crippen LogP contribution in [0.2, 0.25) is 0 Å². The second-order valence-corrected chi connectivity index (χ2v) is 4.51. The summed E-state index contributed by atoms with van der Waals surface area (Å²) in [6.07, 6.45) is 0.618. The minimum absolute atomic E-state index is 0.237. The van der Waals surface area contributed by atoms with Crippen LogP contribution in [0.5, 0.6) is 0 Å². The molecule has 0 unspecified atom stereocenters. The second-order valence-electron chi connectivity index (χ2n) is 4.51. The number of hydrogen-bond donors (Lipinski definition) is 1. The van der Waals surface area contributed by atoms with Crippen molar-refractivity contribution in [3.63, 3.8) is 0 Å². The van der Waals surface area contributed by atoms with E-state index in [9.17, 15) is 9.18 Å². The minimum Gasteiger partial charge on any atom is -0.330 e. The first-order valence-corrected chi connectivity index (χ1v) is 6.45. The van der Waals surface area contributed by atoms with Gasteiger partial charge >= 0.3 is 0 Å². The van der Waals surface area contributed by atoms with Gasteiger partial charge in [0, 0.05) is 12.6 Å². The molecule has 0 bridgehead atoms. The fourth-order valence-corrected chi connectivity index (χ4v) is 2.12. The Kier molecular flexibility index (Phi) is 4.48. The van der Waals surface area contributed by atoms with Crippen LogP contribution in [0.3, 0.4) is 0 Å². The highest BCUT2D eigenvalue weighted by atomic mass is 19.1. The molecule has 0 saturated heterocycles. The first-order chi connectivity index (χ1) is 9.65. The van der Waals surface area contributed by atoms with Gasteiger partial charge in [0.1, 0.15) is 5.82 Å². The molecule has 0 heterocycles. The van der Waals surface area contributed by atoms with Gasteiger partial charge in [0.15, 0.2) is 0 Å². The molecule has 0 atom stereocenters. The van der Waals surface area contributed by atoms with Gasteiger partial charge in [-0.3, -0.25) is 4.79 Å². The third-order valence-corrected chi connectivity index (χ3v) is 3.18. The Balaban J connectivity index is 2.34. The van der Waals surface area contributed by atoms with Gasteiger partial charge in [0.2, 0.25) is 0 Å². The Labute approximate surface area is 117 Å². The standard InChI is InChI=1S/C16H17FN2O/c1-19(15-9-5-4-8-14(15)17)16(20)13-7-3-2-6-12(13)10-11-18/h2-9H,10-11,18H2,1H3. The van der Waals surface area contributed by atoms with E-state index in [1.165, 1.54) is 11.0 Å². The lowest BCUT2D eigenvalue weighted by molar-refractivity contribution is 0.0991. The van der Waals surface area contributed by atoms with Crippen molar-refractivity contribution in [2.75, 3.05) is 18.5 Å². The minimum atomic E-state index is -0.417. The number of rotatable bonds is 4. The summed E-state index contributed by atoms with van der Waals surface area (Å²) in [7, 11) is 1.57. The molecule has 4 heteroatoms. The van der Waals surface area contributed by atoms with Crippen molar-refractivity contribution in [2.45, 2.75) is 6.42 Å². The number of benzene rings is 2. The molecule has 0 spiro atoms. The predicted octanol–water partition coefficient (Wildman–Crippen LogP) is 2.60. The lowest BCUT2D eigenvalue weighted by atomic mass is 10.0. The molecular formula is C16H17FN2O. The number of nitrogens with zero attached hydrogens (tertiary/aromatic N) is 1. The fraction of sp³-hybridized carbons (Fsp3) is 0.188. The van der Waals surface area contributed by atoms with Crippen molar-refractivity contribution in [3.8, 4) is 0 Å². The number of amides is 1. The van der Waals surface area contributed by atoms with E-state index in [0.29, 0.717) is 18.5 Å². The number of para-hydroxylation sites is 1. The van der Waals surface area contributed by atoms with Gasteiger partial charge < -0.3 is 10.6 Å². The molecule has 0 aliphatic carbocycles. The van der Waals surface area contributed by atoms with Crippen LogP contribution < -0.4 is 10.6 Å². The molecule has 3 nitrogen and oxygen atoms in total. The summed E-state index contributed by atoms with van der Waals surface area (Å²) in [6.45, 7) is 0.466. The molecule has 0 fully saturated rings. The smallest absolute Gasteiger partial charge is 0.258 e. The Hall–Kier alpha value is -2.20. The van der Waals surface area contributed by atoms with E-state index < -0.39 is 5.82 Å². The van der Waals surface area contributed by atoms with Crippen molar-refractivity contribution in [1.82, 2.24) is 0 Å². The van der Waals surface area contributed by atoms with Crippen molar-refractivity contribution >= 4 is 11.6 Å². The van der Waals surface area contributed by atoms with Crippen LogP contribution in [0, 0.1) is 5.82 Å². The van der Waals surface area contributed by atoms with Crippen molar-refractivity contribution < 1.29 is 9.18 Å². The van der Waals surface area contributed by atoms with Crippen LogP contribution in [0.1, 0.15) is 15.9 Å². The zero-order valence-electron chi connectivity index (χ0n) is 11.3. The highest BCUT2D eigenvalue weighted by Crippen LogP contribution is 2.20. The molecule has 0 aromatic heterocycles. The Bertz CT molecular complexity index is 613. The van der Waals surface area contributed by atoms with Crippen molar-refractivity contribution in [3.05, 3.63) is 65.5 Å². The molecule has 2 N–H and O–H groups in total. The van der Waals surface area contributed by atoms with Crippen LogP contribution >= 0.6 is 0 Å². The Morgan fingerprint density at radius 2 is 1.80 bits per heavy atom. The molecule has 20 heavy (non-hydrogen) atoms. The van der Waals surface area contributed by atoms with Gasteiger partial charge in [-0.2, -0.15) is 0 Å². The molecular weight excluding hydrogens is 255 g/mol. The van der Waals surface area contributed by atoms with Crippen molar-refractivity contribution in [2.24, 2.45) is 5.73 Å². The highest BCUT2D eigenvalue weighted by molar-refractivity contribution is 6.06. The number of anilines is 1. The lowest BCUT2D eigenvalue weighted by Crippen LogP contribution is -2.28. The maximum atomic E-state index is 13.8. The molecule has 2 aromatic carbocycles. The number of halogens is 1. The van der Waals surface area contributed by atoms with Crippen LogP contribution in [0.25, 0.3) is 0 Å². The van der Waals surface area contributed by atoms with Gasteiger partial charge in [-0.25, -0.2) is 4.39 Å². The molecule has 0 radical (unpaired) electrons. The van der Waals surface area contributed by atoms with Gasteiger partial charge in [0.05, 0.1) is 5.69 Å². The quantitative estimate of drug-likeness (QED) is 0.930. The largest absolute Gasteiger partial charge is 0.330 e. The monoisotopic (exact) mass is 272 g/mol. The first kappa shape index (κ1) is 14.2. The summed E-state index contributed by atoms with van der Waals surface area (Å²) in [6, 6.07) is 13.5. The second kappa shape index (κ2) is 6.30. The van der Waals surface area contributed by atoms with E-state index in [1.807, 2.05) is 12.1 Å². The summed E-state index contributed by atoms with van der Waals surface area (Å²) < 4.78 is 13.8.